The van der Waals surface area contributed by atoms with Gasteiger partial charge in [-0.2, -0.15) is 5.10 Å². The molecule has 0 N–H and O–H groups in total. The van der Waals surface area contributed by atoms with Crippen molar-refractivity contribution >= 4 is 5.91 Å². The fourth-order valence-corrected chi connectivity index (χ4v) is 4.29. The van der Waals surface area contributed by atoms with Crippen molar-refractivity contribution < 1.29 is 9.53 Å². The lowest BCUT2D eigenvalue weighted by Crippen LogP contribution is -2.53. The van der Waals surface area contributed by atoms with Gasteiger partial charge in [0.05, 0.1) is 31.5 Å². The lowest BCUT2D eigenvalue weighted by molar-refractivity contribution is -0.149. The van der Waals surface area contributed by atoms with Crippen molar-refractivity contribution in [2.24, 2.45) is 7.05 Å². The van der Waals surface area contributed by atoms with Gasteiger partial charge in [-0.25, -0.2) is 0 Å². The lowest BCUT2D eigenvalue weighted by Gasteiger charge is -2.42. The monoisotopic (exact) mass is 363 g/mol. The van der Waals surface area contributed by atoms with Gasteiger partial charge in [0.25, 0.3) is 0 Å². The molecule has 7 nitrogen and oxygen atoms in total. The van der Waals surface area contributed by atoms with Crippen LogP contribution in [0.5, 0.6) is 0 Å². The number of amides is 1. The third-order valence-corrected chi connectivity index (χ3v) is 5.62. The number of aryl methyl sites for hydroxylation is 1. The quantitative estimate of drug-likeness (QED) is 0.758. The second-order valence-corrected chi connectivity index (χ2v) is 8.00. The number of hydrogen-bond acceptors (Lipinski definition) is 5. The van der Waals surface area contributed by atoms with Crippen LogP contribution in [0.25, 0.3) is 0 Å². The molecule has 1 aromatic heterocycles. The van der Waals surface area contributed by atoms with Crippen LogP contribution in [0.4, 0.5) is 0 Å². The molecule has 1 saturated carbocycles. The molecule has 0 spiro atoms. The maximum Gasteiger partial charge on any atom is 0.237 e. The van der Waals surface area contributed by atoms with E-state index in [2.05, 4.69) is 21.9 Å². The van der Waals surface area contributed by atoms with Crippen LogP contribution in [0, 0.1) is 0 Å². The maximum atomic E-state index is 13.2. The molecule has 1 saturated heterocycles. The molecule has 1 aromatic rings. The largest absolute Gasteiger partial charge is 0.373 e. The molecule has 1 aliphatic carbocycles. The van der Waals surface area contributed by atoms with E-state index in [9.17, 15) is 4.79 Å². The molecule has 0 radical (unpaired) electrons. The van der Waals surface area contributed by atoms with E-state index in [1.54, 1.807) is 4.68 Å². The zero-order valence-electron chi connectivity index (χ0n) is 16.6. The summed E-state index contributed by atoms with van der Waals surface area (Å²) in [5.74, 6) is 0.195. The van der Waals surface area contributed by atoms with Crippen molar-refractivity contribution in [1.82, 2.24) is 24.5 Å². The SMILES string of the molecule is CN(C)C[C@@H]1OCCN(C(=O)CN(C)C2CCCC2)[C@H]1c1cnn(C)c1. The Morgan fingerprint density at radius 1 is 1.31 bits per heavy atom. The highest BCUT2D eigenvalue weighted by molar-refractivity contribution is 5.79. The van der Waals surface area contributed by atoms with Crippen molar-refractivity contribution in [3.05, 3.63) is 18.0 Å². The zero-order valence-corrected chi connectivity index (χ0v) is 16.6. The lowest BCUT2D eigenvalue weighted by atomic mass is 10.00. The first-order valence-corrected chi connectivity index (χ1v) is 9.70. The molecule has 7 heteroatoms. The number of carbonyl (C=O) groups is 1. The second-order valence-electron chi connectivity index (χ2n) is 8.00. The van der Waals surface area contributed by atoms with E-state index in [-0.39, 0.29) is 18.1 Å². The van der Waals surface area contributed by atoms with Gasteiger partial charge in [-0.3, -0.25) is 14.4 Å². The van der Waals surface area contributed by atoms with Crippen LogP contribution < -0.4 is 0 Å². The minimum absolute atomic E-state index is 0.0383. The molecule has 1 aliphatic heterocycles. The summed E-state index contributed by atoms with van der Waals surface area (Å²) < 4.78 is 7.86. The fraction of sp³-hybridized carbons (Fsp3) is 0.789. The standard InChI is InChI=1S/C19H33N5O2/c1-21(2)13-17-19(15-11-20-23(4)12-15)24(9-10-26-17)18(25)14-22(3)16-7-5-6-8-16/h11-12,16-17,19H,5-10,13-14H2,1-4H3/t17-,19-/m0/s1. The Morgan fingerprint density at radius 3 is 2.65 bits per heavy atom. The third kappa shape index (κ3) is 4.45. The Kier molecular flexibility index (Phi) is 6.32. The maximum absolute atomic E-state index is 13.2. The minimum Gasteiger partial charge on any atom is -0.373 e. The highest BCUT2D eigenvalue weighted by atomic mass is 16.5. The van der Waals surface area contributed by atoms with Crippen molar-refractivity contribution in [3.8, 4) is 0 Å². The van der Waals surface area contributed by atoms with E-state index in [0.717, 1.165) is 12.1 Å². The average molecular weight is 364 g/mol. The van der Waals surface area contributed by atoms with Gasteiger partial charge in [-0.1, -0.05) is 12.8 Å². The Balaban J connectivity index is 1.76. The van der Waals surface area contributed by atoms with Crippen LogP contribution in [-0.4, -0.2) is 89.9 Å². The average Bonchev–Trinajstić information content (AvgIpc) is 3.25. The first kappa shape index (κ1) is 19.3. The van der Waals surface area contributed by atoms with E-state index in [1.165, 1.54) is 25.7 Å². The van der Waals surface area contributed by atoms with E-state index >= 15 is 0 Å². The van der Waals surface area contributed by atoms with Crippen LogP contribution in [0.1, 0.15) is 37.3 Å². The number of ether oxygens (including phenoxy) is 1. The number of nitrogens with zero attached hydrogens (tertiary/aromatic N) is 5. The molecule has 2 atom stereocenters. The molecular weight excluding hydrogens is 330 g/mol. The van der Waals surface area contributed by atoms with Gasteiger partial charge in [0.1, 0.15) is 0 Å². The van der Waals surface area contributed by atoms with Crippen molar-refractivity contribution in [1.29, 1.82) is 0 Å². The predicted molar refractivity (Wildman–Crippen MR) is 101 cm³/mol. The summed E-state index contributed by atoms with van der Waals surface area (Å²) in [6.45, 7) is 2.49. The van der Waals surface area contributed by atoms with Crippen molar-refractivity contribution in [2.75, 3.05) is 47.4 Å². The molecule has 0 unspecified atom stereocenters. The number of hydrogen-bond donors (Lipinski definition) is 0. The number of rotatable bonds is 6. The first-order chi connectivity index (χ1) is 12.5. The molecular formula is C19H33N5O2. The van der Waals surface area contributed by atoms with Gasteiger partial charge in [-0.05, 0) is 34.0 Å². The molecule has 2 fully saturated rings. The summed E-state index contributed by atoms with van der Waals surface area (Å²) in [4.78, 5) is 19.5. The second kappa shape index (κ2) is 8.50. The van der Waals surface area contributed by atoms with E-state index in [1.807, 2.05) is 38.4 Å². The highest BCUT2D eigenvalue weighted by Crippen LogP contribution is 2.30. The summed E-state index contributed by atoms with van der Waals surface area (Å²) >= 11 is 0. The summed E-state index contributed by atoms with van der Waals surface area (Å²) in [5, 5.41) is 4.32. The molecule has 146 valence electrons. The van der Waals surface area contributed by atoms with E-state index < -0.39 is 0 Å². The van der Waals surface area contributed by atoms with Gasteiger partial charge in [-0.15, -0.1) is 0 Å². The van der Waals surface area contributed by atoms with Gasteiger partial charge in [0.15, 0.2) is 0 Å². The summed E-state index contributed by atoms with van der Waals surface area (Å²) in [7, 11) is 8.08. The van der Waals surface area contributed by atoms with Crippen molar-refractivity contribution in [2.45, 2.75) is 43.9 Å². The minimum atomic E-state index is -0.0793. The molecule has 2 aliphatic rings. The summed E-state index contributed by atoms with van der Waals surface area (Å²) in [6, 6.07) is 0.471. The van der Waals surface area contributed by atoms with Crippen LogP contribution in [0.3, 0.4) is 0 Å². The number of morpholine rings is 1. The molecule has 3 rings (SSSR count). The smallest absolute Gasteiger partial charge is 0.237 e. The van der Waals surface area contributed by atoms with E-state index in [4.69, 9.17) is 4.74 Å². The Bertz CT molecular complexity index is 597. The number of aromatic nitrogens is 2. The molecule has 1 amide bonds. The van der Waals surface area contributed by atoms with Gasteiger partial charge in [0, 0.05) is 37.9 Å². The topological polar surface area (TPSA) is 53.8 Å². The predicted octanol–water partition coefficient (Wildman–Crippen LogP) is 1.12. The first-order valence-electron chi connectivity index (χ1n) is 9.70. The van der Waals surface area contributed by atoms with Crippen LogP contribution in [0.2, 0.25) is 0 Å². The van der Waals surface area contributed by atoms with Gasteiger partial charge >= 0.3 is 0 Å². The number of carbonyl (C=O) groups excluding carboxylic acids is 1. The van der Waals surface area contributed by atoms with Gasteiger partial charge < -0.3 is 14.5 Å². The van der Waals surface area contributed by atoms with Crippen molar-refractivity contribution in [3.63, 3.8) is 0 Å². The Labute approximate surface area is 156 Å². The van der Waals surface area contributed by atoms with Crippen LogP contribution >= 0.6 is 0 Å². The van der Waals surface area contributed by atoms with Crippen LogP contribution in [0.15, 0.2) is 12.4 Å². The molecule has 0 bridgehead atoms. The Hall–Kier alpha value is -1.44. The summed E-state index contributed by atoms with van der Waals surface area (Å²) in [6.07, 6.45) is 8.81. The fourth-order valence-electron chi connectivity index (χ4n) is 4.29. The highest BCUT2D eigenvalue weighted by Gasteiger charge is 2.38. The summed E-state index contributed by atoms with van der Waals surface area (Å²) in [5.41, 5.74) is 1.05. The molecule has 2 heterocycles. The normalized spacial score (nSPS) is 24.8. The molecule has 0 aromatic carbocycles. The zero-order chi connectivity index (χ0) is 18.7. The Morgan fingerprint density at radius 2 is 2.04 bits per heavy atom. The molecule has 26 heavy (non-hydrogen) atoms. The van der Waals surface area contributed by atoms with E-state index in [0.29, 0.717) is 25.7 Å². The third-order valence-electron chi connectivity index (χ3n) is 5.62. The van der Waals surface area contributed by atoms with Crippen LogP contribution in [-0.2, 0) is 16.6 Å². The van der Waals surface area contributed by atoms with Gasteiger partial charge in [0.2, 0.25) is 5.91 Å². The number of likely N-dealkylation sites (N-methyl/N-ethyl adjacent to an activating group) is 2.